The third-order valence-corrected chi connectivity index (χ3v) is 3.60. The Morgan fingerprint density at radius 2 is 1.71 bits per heavy atom. The van der Waals surface area contributed by atoms with Crippen molar-refractivity contribution in [2.75, 3.05) is 5.73 Å². The van der Waals surface area contributed by atoms with E-state index in [4.69, 9.17) is 5.73 Å². The van der Waals surface area contributed by atoms with Crippen molar-refractivity contribution in [3.05, 3.63) is 17.8 Å². The highest BCUT2D eigenvalue weighted by atomic mass is 35.5. The Bertz CT molecular complexity index is 345. The van der Waals surface area contributed by atoms with E-state index in [0.717, 1.165) is 5.69 Å². The maximum Gasteiger partial charge on any atom is 0.146 e. The minimum absolute atomic E-state index is 0. The highest BCUT2D eigenvalue weighted by Gasteiger charge is 2.34. The van der Waals surface area contributed by atoms with Gasteiger partial charge >= 0.3 is 0 Å². The van der Waals surface area contributed by atoms with Gasteiger partial charge in [0.2, 0.25) is 0 Å². The fraction of sp³-hybridized carbons (Fsp3) is 0.636. The fourth-order valence-electron chi connectivity index (χ4n) is 2.87. The van der Waals surface area contributed by atoms with Gasteiger partial charge in [0.05, 0.1) is 5.69 Å². The first-order valence-corrected chi connectivity index (χ1v) is 5.66. The molecule has 0 aromatic carbocycles. The summed E-state index contributed by atoms with van der Waals surface area (Å²) < 4.78 is 0. The Hall–Kier alpha value is -0.580. The SMILES string of the molecule is Cl.Cl.Nc1ccc(C2CC3CCC(C2)N3)nn1. The molecule has 3 rings (SSSR count). The molecule has 1 aromatic heterocycles. The molecule has 2 fully saturated rings. The first kappa shape index (κ1) is 14.5. The van der Waals surface area contributed by atoms with Gasteiger partial charge in [-0.05, 0) is 37.8 Å². The number of rotatable bonds is 1. The lowest BCUT2D eigenvalue weighted by atomic mass is 9.89. The summed E-state index contributed by atoms with van der Waals surface area (Å²) in [5, 5.41) is 11.8. The smallest absolute Gasteiger partial charge is 0.146 e. The molecule has 2 bridgehead atoms. The molecule has 2 atom stereocenters. The van der Waals surface area contributed by atoms with Crippen molar-refractivity contribution in [1.29, 1.82) is 0 Å². The monoisotopic (exact) mass is 276 g/mol. The number of hydrogen-bond acceptors (Lipinski definition) is 4. The van der Waals surface area contributed by atoms with Crippen LogP contribution < -0.4 is 11.1 Å². The van der Waals surface area contributed by atoms with Crippen LogP contribution >= 0.6 is 24.8 Å². The van der Waals surface area contributed by atoms with E-state index in [-0.39, 0.29) is 24.8 Å². The maximum atomic E-state index is 5.54. The highest BCUT2D eigenvalue weighted by molar-refractivity contribution is 5.85. The Labute approximate surface area is 114 Å². The van der Waals surface area contributed by atoms with Crippen molar-refractivity contribution in [2.24, 2.45) is 0 Å². The Morgan fingerprint density at radius 1 is 1.06 bits per heavy atom. The molecule has 17 heavy (non-hydrogen) atoms. The van der Waals surface area contributed by atoms with Crippen molar-refractivity contribution < 1.29 is 0 Å². The van der Waals surface area contributed by atoms with E-state index in [1.165, 1.54) is 25.7 Å². The Balaban J connectivity index is 0.000000722. The topological polar surface area (TPSA) is 63.8 Å². The molecular weight excluding hydrogens is 259 g/mol. The Morgan fingerprint density at radius 3 is 2.24 bits per heavy atom. The summed E-state index contributed by atoms with van der Waals surface area (Å²) >= 11 is 0. The summed E-state index contributed by atoms with van der Waals surface area (Å²) in [7, 11) is 0. The molecule has 0 saturated carbocycles. The van der Waals surface area contributed by atoms with E-state index in [1.807, 2.05) is 12.1 Å². The molecule has 2 aliphatic heterocycles. The van der Waals surface area contributed by atoms with Crippen molar-refractivity contribution in [1.82, 2.24) is 15.5 Å². The minimum atomic E-state index is 0. The van der Waals surface area contributed by atoms with Crippen LogP contribution in [0, 0.1) is 0 Å². The second-order valence-electron chi connectivity index (χ2n) is 4.69. The van der Waals surface area contributed by atoms with Crippen LogP contribution in [0.2, 0.25) is 0 Å². The van der Waals surface area contributed by atoms with Gasteiger partial charge < -0.3 is 11.1 Å². The first-order valence-electron chi connectivity index (χ1n) is 5.66. The second kappa shape index (κ2) is 5.85. The molecule has 4 nitrogen and oxygen atoms in total. The second-order valence-corrected chi connectivity index (χ2v) is 4.69. The number of anilines is 1. The average molecular weight is 277 g/mol. The van der Waals surface area contributed by atoms with E-state index in [0.29, 0.717) is 23.8 Å². The van der Waals surface area contributed by atoms with Gasteiger partial charge in [-0.25, -0.2) is 0 Å². The molecule has 3 N–H and O–H groups in total. The number of nitrogens with one attached hydrogen (secondary N) is 1. The number of aromatic nitrogens is 2. The summed E-state index contributed by atoms with van der Waals surface area (Å²) in [6.45, 7) is 0. The molecular formula is C11H18Cl2N4. The molecule has 2 saturated heterocycles. The van der Waals surface area contributed by atoms with Crippen molar-refractivity contribution in [3.63, 3.8) is 0 Å². The maximum absolute atomic E-state index is 5.54. The number of nitrogen functional groups attached to an aromatic ring is 1. The molecule has 6 heteroatoms. The van der Waals surface area contributed by atoms with E-state index in [9.17, 15) is 0 Å². The predicted octanol–water partition coefficient (Wildman–Crippen LogP) is 1.90. The molecule has 2 unspecified atom stereocenters. The Kier molecular flexibility index (Phi) is 4.98. The lowest BCUT2D eigenvalue weighted by molar-refractivity contribution is 0.357. The zero-order chi connectivity index (χ0) is 10.3. The first-order chi connectivity index (χ1) is 7.31. The van der Waals surface area contributed by atoms with Gasteiger partial charge in [-0.15, -0.1) is 29.9 Å². The van der Waals surface area contributed by atoms with Gasteiger partial charge in [0, 0.05) is 18.0 Å². The lowest BCUT2D eigenvalue weighted by Crippen LogP contribution is -2.37. The molecule has 0 amide bonds. The van der Waals surface area contributed by atoms with Gasteiger partial charge in [-0.2, -0.15) is 5.10 Å². The molecule has 96 valence electrons. The van der Waals surface area contributed by atoms with Crippen LogP contribution in [0.25, 0.3) is 0 Å². The van der Waals surface area contributed by atoms with Crippen LogP contribution in [0.4, 0.5) is 5.82 Å². The van der Waals surface area contributed by atoms with E-state index < -0.39 is 0 Å². The normalized spacial score (nSPS) is 30.2. The molecule has 0 spiro atoms. The molecule has 1 aromatic rings. The average Bonchev–Trinajstić information content (AvgIpc) is 2.59. The van der Waals surface area contributed by atoms with Crippen molar-refractivity contribution in [2.45, 2.75) is 43.7 Å². The third kappa shape index (κ3) is 3.00. The summed E-state index contributed by atoms with van der Waals surface area (Å²) in [5.74, 6) is 1.09. The molecule has 2 aliphatic rings. The summed E-state index contributed by atoms with van der Waals surface area (Å²) in [4.78, 5) is 0. The van der Waals surface area contributed by atoms with Crippen LogP contribution in [-0.4, -0.2) is 22.3 Å². The van der Waals surface area contributed by atoms with E-state index >= 15 is 0 Å². The minimum Gasteiger partial charge on any atom is -0.382 e. The number of nitrogens with zero attached hydrogens (tertiary/aromatic N) is 2. The predicted molar refractivity (Wildman–Crippen MR) is 72.9 cm³/mol. The van der Waals surface area contributed by atoms with Crippen molar-refractivity contribution >= 4 is 30.6 Å². The highest BCUT2D eigenvalue weighted by Crippen LogP contribution is 2.36. The molecule has 0 radical (unpaired) electrons. The number of hydrogen-bond donors (Lipinski definition) is 2. The fourth-order valence-corrected chi connectivity index (χ4v) is 2.87. The summed E-state index contributed by atoms with van der Waals surface area (Å²) in [5.41, 5.74) is 6.65. The number of halogens is 2. The van der Waals surface area contributed by atoms with Crippen LogP contribution in [0.3, 0.4) is 0 Å². The standard InChI is InChI=1S/C11H16N4.2ClH/c12-11-4-3-10(14-15-11)7-5-8-1-2-9(6-7)13-8;;/h3-4,7-9,13H,1-2,5-6H2,(H2,12,15);2*1H. The number of piperidine rings is 1. The van der Waals surface area contributed by atoms with Gasteiger partial charge in [-0.3, -0.25) is 0 Å². The molecule has 3 heterocycles. The molecule has 0 aliphatic carbocycles. The summed E-state index contributed by atoms with van der Waals surface area (Å²) in [6.07, 6.45) is 5.05. The number of fused-ring (bicyclic) bond motifs is 2. The van der Waals surface area contributed by atoms with Crippen LogP contribution in [-0.2, 0) is 0 Å². The zero-order valence-electron chi connectivity index (χ0n) is 9.50. The van der Waals surface area contributed by atoms with E-state index in [1.54, 1.807) is 0 Å². The quantitative estimate of drug-likeness (QED) is 0.823. The van der Waals surface area contributed by atoms with Gasteiger partial charge in [0.1, 0.15) is 5.82 Å². The van der Waals surface area contributed by atoms with Crippen molar-refractivity contribution in [3.8, 4) is 0 Å². The zero-order valence-corrected chi connectivity index (χ0v) is 11.1. The largest absolute Gasteiger partial charge is 0.382 e. The van der Waals surface area contributed by atoms with Crippen LogP contribution in [0.5, 0.6) is 0 Å². The van der Waals surface area contributed by atoms with Gasteiger partial charge in [0.15, 0.2) is 0 Å². The van der Waals surface area contributed by atoms with Gasteiger partial charge in [0.25, 0.3) is 0 Å². The number of nitrogens with two attached hydrogens (primary N) is 1. The van der Waals surface area contributed by atoms with Crippen LogP contribution in [0.15, 0.2) is 12.1 Å². The third-order valence-electron chi connectivity index (χ3n) is 3.60. The van der Waals surface area contributed by atoms with E-state index in [2.05, 4.69) is 15.5 Å². The van der Waals surface area contributed by atoms with Gasteiger partial charge in [-0.1, -0.05) is 0 Å². The van der Waals surface area contributed by atoms with Crippen LogP contribution in [0.1, 0.15) is 37.3 Å². The summed E-state index contributed by atoms with van der Waals surface area (Å²) in [6, 6.07) is 5.28. The lowest BCUT2D eigenvalue weighted by Gasteiger charge is -2.28.